The summed E-state index contributed by atoms with van der Waals surface area (Å²) in [5, 5.41) is 23.0. The average Bonchev–Trinajstić information content (AvgIpc) is 3.29. The number of hydrogen-bond donors (Lipinski definition) is 3. The molecular formula is C58H111NO5. The van der Waals surface area contributed by atoms with E-state index >= 15 is 0 Å². The molecule has 0 saturated carbocycles. The Morgan fingerprint density at radius 1 is 0.422 bits per heavy atom. The first-order valence-electron chi connectivity index (χ1n) is 28.6. The molecule has 0 heterocycles. The predicted octanol–water partition coefficient (Wildman–Crippen LogP) is 17.5. The van der Waals surface area contributed by atoms with Crippen LogP contribution in [0.15, 0.2) is 24.3 Å². The number of allylic oxidation sites excluding steroid dienone is 3. The highest BCUT2D eigenvalue weighted by molar-refractivity contribution is 5.76. The summed E-state index contributed by atoms with van der Waals surface area (Å²) in [5.41, 5.74) is 0. The van der Waals surface area contributed by atoms with Crippen molar-refractivity contribution >= 4 is 11.9 Å². The van der Waals surface area contributed by atoms with Crippen LogP contribution in [0.1, 0.15) is 309 Å². The van der Waals surface area contributed by atoms with E-state index in [9.17, 15) is 19.8 Å². The molecule has 0 bridgehead atoms. The van der Waals surface area contributed by atoms with Crippen LogP contribution in [0.25, 0.3) is 0 Å². The number of amides is 1. The minimum Gasteiger partial charge on any atom is -0.466 e. The highest BCUT2D eigenvalue weighted by Crippen LogP contribution is 2.16. The van der Waals surface area contributed by atoms with E-state index in [0.29, 0.717) is 19.4 Å². The second-order valence-corrected chi connectivity index (χ2v) is 19.6. The number of esters is 1. The van der Waals surface area contributed by atoms with Crippen LogP contribution in [0.2, 0.25) is 0 Å². The van der Waals surface area contributed by atoms with Gasteiger partial charge in [0.2, 0.25) is 5.91 Å². The summed E-state index contributed by atoms with van der Waals surface area (Å²) in [6, 6.07) is -0.630. The Morgan fingerprint density at radius 3 is 1.11 bits per heavy atom. The molecule has 2 unspecified atom stereocenters. The fourth-order valence-corrected chi connectivity index (χ4v) is 8.81. The summed E-state index contributed by atoms with van der Waals surface area (Å²) >= 11 is 0. The number of carbonyl (C=O) groups excluding carboxylic acids is 2. The van der Waals surface area contributed by atoms with Gasteiger partial charge in [0.1, 0.15) is 0 Å². The number of rotatable bonds is 53. The van der Waals surface area contributed by atoms with Gasteiger partial charge in [0, 0.05) is 12.8 Å². The lowest BCUT2D eigenvalue weighted by Crippen LogP contribution is -2.45. The topological polar surface area (TPSA) is 95.9 Å². The summed E-state index contributed by atoms with van der Waals surface area (Å²) in [6.45, 7) is 4.89. The molecule has 1 amide bonds. The maximum absolute atomic E-state index is 12.4. The molecule has 0 radical (unpaired) electrons. The van der Waals surface area contributed by atoms with E-state index in [1.807, 2.05) is 6.08 Å². The van der Waals surface area contributed by atoms with Gasteiger partial charge in [-0.25, -0.2) is 0 Å². The number of nitrogens with one attached hydrogen (secondary N) is 1. The van der Waals surface area contributed by atoms with Gasteiger partial charge in [-0.3, -0.25) is 9.59 Å². The molecule has 0 aromatic heterocycles. The molecule has 378 valence electrons. The van der Waals surface area contributed by atoms with Crippen LogP contribution in [0.5, 0.6) is 0 Å². The first-order chi connectivity index (χ1) is 31.5. The van der Waals surface area contributed by atoms with E-state index < -0.39 is 12.1 Å². The SMILES string of the molecule is CCCCCCCCCCC/C=C/C(O)C(CO)NC(=O)CCCCCCCCC/C=C\CCCCCCCCCCCCCCOC(=O)CCCCCCCCCCCCCCC. The van der Waals surface area contributed by atoms with Gasteiger partial charge in [0.25, 0.3) is 0 Å². The largest absolute Gasteiger partial charge is 0.466 e. The zero-order valence-corrected chi connectivity index (χ0v) is 43.0. The number of ether oxygens (including phenoxy) is 1. The van der Waals surface area contributed by atoms with Crippen LogP contribution in [0.3, 0.4) is 0 Å². The quantitative estimate of drug-likeness (QED) is 0.0321. The van der Waals surface area contributed by atoms with Crippen molar-refractivity contribution in [3.8, 4) is 0 Å². The molecule has 64 heavy (non-hydrogen) atoms. The Bertz CT molecular complexity index is 997. The van der Waals surface area contributed by atoms with Crippen molar-refractivity contribution in [1.82, 2.24) is 5.32 Å². The molecule has 0 aromatic carbocycles. The van der Waals surface area contributed by atoms with Crippen molar-refractivity contribution in [2.75, 3.05) is 13.2 Å². The molecule has 0 spiro atoms. The lowest BCUT2D eigenvalue weighted by atomic mass is 10.0. The molecule has 0 aromatic rings. The van der Waals surface area contributed by atoms with Gasteiger partial charge in [-0.2, -0.15) is 0 Å². The van der Waals surface area contributed by atoms with Crippen LogP contribution < -0.4 is 5.32 Å². The number of unbranched alkanes of at least 4 members (excludes halogenated alkanes) is 40. The van der Waals surface area contributed by atoms with Crippen LogP contribution >= 0.6 is 0 Å². The van der Waals surface area contributed by atoms with Gasteiger partial charge in [0.05, 0.1) is 25.4 Å². The molecule has 0 fully saturated rings. The zero-order valence-electron chi connectivity index (χ0n) is 43.0. The molecule has 0 rings (SSSR count). The van der Waals surface area contributed by atoms with Crippen molar-refractivity contribution in [1.29, 1.82) is 0 Å². The normalized spacial score (nSPS) is 12.8. The lowest BCUT2D eigenvalue weighted by Gasteiger charge is -2.20. The molecule has 0 aliphatic carbocycles. The maximum Gasteiger partial charge on any atom is 0.305 e. The average molecular weight is 903 g/mol. The first kappa shape index (κ1) is 62.3. The Morgan fingerprint density at radius 2 is 0.734 bits per heavy atom. The molecule has 2 atom stereocenters. The lowest BCUT2D eigenvalue weighted by molar-refractivity contribution is -0.143. The standard InChI is InChI=1S/C58H111NO5/c1-3-5-7-9-11-13-15-27-32-36-40-44-48-52-58(63)64-53-49-45-41-37-33-29-26-24-22-20-18-16-17-19-21-23-25-28-31-35-39-43-47-51-57(62)59-55(54-60)56(61)50-46-42-38-34-30-14-12-10-8-6-4-2/h19,21,46,50,55-56,60-61H,3-18,20,22-45,47-49,51-54H2,1-2H3,(H,59,62)/b21-19-,50-46+. The Labute approximate surface area is 399 Å². The van der Waals surface area contributed by atoms with Gasteiger partial charge >= 0.3 is 5.97 Å². The van der Waals surface area contributed by atoms with Crippen molar-refractivity contribution in [3.05, 3.63) is 24.3 Å². The highest BCUT2D eigenvalue weighted by atomic mass is 16.5. The number of aliphatic hydroxyl groups excluding tert-OH is 2. The number of carbonyl (C=O) groups is 2. The van der Waals surface area contributed by atoms with E-state index in [0.717, 1.165) is 44.9 Å². The molecule has 6 nitrogen and oxygen atoms in total. The summed E-state index contributed by atoms with van der Waals surface area (Å²) in [6.07, 6.45) is 64.9. The monoisotopic (exact) mass is 902 g/mol. The van der Waals surface area contributed by atoms with Crippen LogP contribution in [0.4, 0.5) is 0 Å². The molecule has 0 aliphatic heterocycles. The van der Waals surface area contributed by atoms with Crippen LogP contribution in [-0.2, 0) is 14.3 Å². The summed E-state index contributed by atoms with van der Waals surface area (Å²) in [4.78, 5) is 24.4. The molecule has 3 N–H and O–H groups in total. The van der Waals surface area contributed by atoms with Crippen molar-refractivity contribution in [2.45, 2.75) is 321 Å². The minimum atomic E-state index is -0.846. The van der Waals surface area contributed by atoms with Crippen LogP contribution in [0, 0.1) is 0 Å². The summed E-state index contributed by atoms with van der Waals surface area (Å²) in [5.74, 6) is -0.0628. The van der Waals surface area contributed by atoms with E-state index in [-0.39, 0.29) is 18.5 Å². The fraction of sp³-hybridized carbons (Fsp3) is 0.897. The van der Waals surface area contributed by atoms with E-state index in [4.69, 9.17) is 4.74 Å². The second-order valence-electron chi connectivity index (χ2n) is 19.6. The molecule has 0 saturated heterocycles. The Hall–Kier alpha value is -1.66. The van der Waals surface area contributed by atoms with Crippen molar-refractivity contribution < 1.29 is 24.5 Å². The smallest absolute Gasteiger partial charge is 0.305 e. The van der Waals surface area contributed by atoms with Gasteiger partial charge in [-0.15, -0.1) is 0 Å². The Balaban J connectivity index is 3.41. The third-order valence-electron chi connectivity index (χ3n) is 13.2. The number of hydrogen-bond acceptors (Lipinski definition) is 5. The van der Waals surface area contributed by atoms with Gasteiger partial charge in [0.15, 0.2) is 0 Å². The number of aliphatic hydroxyl groups is 2. The third kappa shape index (κ3) is 49.8. The van der Waals surface area contributed by atoms with E-state index in [1.54, 1.807) is 6.08 Å². The second kappa shape index (κ2) is 54.0. The van der Waals surface area contributed by atoms with Gasteiger partial charge in [-0.1, -0.05) is 263 Å². The van der Waals surface area contributed by atoms with E-state index in [2.05, 4.69) is 31.3 Å². The summed E-state index contributed by atoms with van der Waals surface area (Å²) in [7, 11) is 0. The van der Waals surface area contributed by atoms with Gasteiger partial charge < -0.3 is 20.3 Å². The zero-order chi connectivity index (χ0) is 46.5. The predicted molar refractivity (Wildman–Crippen MR) is 278 cm³/mol. The molecule has 6 heteroatoms. The molecule has 0 aliphatic rings. The van der Waals surface area contributed by atoms with Crippen LogP contribution in [-0.4, -0.2) is 47.4 Å². The minimum absolute atomic E-state index is 0.0124. The summed E-state index contributed by atoms with van der Waals surface area (Å²) < 4.78 is 5.47. The third-order valence-corrected chi connectivity index (χ3v) is 13.2. The fourth-order valence-electron chi connectivity index (χ4n) is 8.81. The maximum atomic E-state index is 12.4. The van der Waals surface area contributed by atoms with E-state index in [1.165, 1.54) is 238 Å². The Kier molecular flexibility index (Phi) is 52.6. The van der Waals surface area contributed by atoms with Gasteiger partial charge in [-0.05, 0) is 57.8 Å². The molecular weight excluding hydrogens is 791 g/mol. The van der Waals surface area contributed by atoms with Crippen molar-refractivity contribution in [2.24, 2.45) is 0 Å². The highest BCUT2D eigenvalue weighted by Gasteiger charge is 2.18. The van der Waals surface area contributed by atoms with Crippen molar-refractivity contribution in [3.63, 3.8) is 0 Å². The first-order valence-corrected chi connectivity index (χ1v) is 28.6.